The van der Waals surface area contributed by atoms with Gasteiger partial charge in [0.15, 0.2) is 0 Å². The topological polar surface area (TPSA) is 79.5 Å². The summed E-state index contributed by atoms with van der Waals surface area (Å²) >= 11 is 7.75. The first-order chi connectivity index (χ1) is 16.4. The third-order valence-corrected chi connectivity index (χ3v) is 6.91. The average molecular weight is 508 g/mol. The Kier molecular flexibility index (Phi) is 12.9. The Hall–Kier alpha value is -2.25. The molecule has 0 aliphatic carbocycles. The predicted octanol–water partition coefficient (Wildman–Crippen LogP) is 8.24. The van der Waals surface area contributed by atoms with E-state index < -0.39 is 12.0 Å². The molecular formula is C26H38ClN3O3S. The number of esters is 1. The quantitative estimate of drug-likeness (QED) is 0.129. The lowest BCUT2D eigenvalue weighted by Gasteiger charge is -2.12. The minimum atomic E-state index is -0.483. The number of ether oxygens (including phenoxy) is 1. The molecule has 2 aromatic rings. The molecule has 0 aliphatic heterocycles. The van der Waals surface area contributed by atoms with E-state index in [1.807, 2.05) is 19.9 Å². The Morgan fingerprint density at radius 1 is 0.941 bits per heavy atom. The molecule has 1 aromatic heterocycles. The lowest BCUT2D eigenvalue weighted by Crippen LogP contribution is -2.33. The Morgan fingerprint density at radius 2 is 1.59 bits per heavy atom. The van der Waals surface area contributed by atoms with Crippen molar-refractivity contribution in [2.45, 2.75) is 85.0 Å². The molecule has 0 saturated heterocycles. The van der Waals surface area contributed by atoms with Gasteiger partial charge in [-0.1, -0.05) is 76.3 Å². The summed E-state index contributed by atoms with van der Waals surface area (Å²) in [4.78, 5) is 25.8. The van der Waals surface area contributed by atoms with Gasteiger partial charge in [0.05, 0.1) is 22.9 Å². The molecule has 34 heavy (non-hydrogen) atoms. The molecule has 188 valence electrons. The van der Waals surface area contributed by atoms with Gasteiger partial charge in [0.25, 0.3) is 0 Å². The Bertz CT molecular complexity index is 917. The number of carbonyl (C=O) groups is 2. The number of unbranched alkanes of at least 4 members (excludes halogenated alkanes) is 9. The molecule has 0 spiro atoms. The van der Waals surface area contributed by atoms with Crippen LogP contribution < -0.4 is 16.2 Å². The third kappa shape index (κ3) is 10.3. The van der Waals surface area contributed by atoms with Crippen LogP contribution in [0.15, 0.2) is 24.3 Å². The highest BCUT2D eigenvalue weighted by Gasteiger charge is 2.13. The van der Waals surface area contributed by atoms with Gasteiger partial charge in [0.1, 0.15) is 5.00 Å². The number of rotatable bonds is 15. The maximum atomic E-state index is 12.4. The minimum Gasteiger partial charge on any atom is -0.462 e. The Labute approximate surface area is 212 Å². The molecule has 6 nitrogen and oxygen atoms in total. The maximum absolute atomic E-state index is 12.4. The van der Waals surface area contributed by atoms with E-state index >= 15 is 0 Å². The van der Waals surface area contributed by atoms with Crippen molar-refractivity contribution in [2.75, 3.05) is 17.3 Å². The third-order valence-electron chi connectivity index (χ3n) is 5.51. The van der Waals surface area contributed by atoms with E-state index in [1.165, 1.54) is 57.4 Å². The van der Waals surface area contributed by atoms with Gasteiger partial charge in [-0.2, -0.15) is 0 Å². The summed E-state index contributed by atoms with van der Waals surface area (Å²) < 4.78 is 5.40. The van der Waals surface area contributed by atoms with Crippen molar-refractivity contribution in [3.63, 3.8) is 0 Å². The molecule has 0 saturated carbocycles. The van der Waals surface area contributed by atoms with Gasteiger partial charge in [0.2, 0.25) is 0 Å². The lowest BCUT2D eigenvalue weighted by atomic mass is 10.1. The Morgan fingerprint density at radius 3 is 2.21 bits per heavy atom. The summed E-state index contributed by atoms with van der Waals surface area (Å²) in [6.07, 6.45) is 12.3. The fourth-order valence-electron chi connectivity index (χ4n) is 3.62. The zero-order chi connectivity index (χ0) is 24.8. The van der Waals surface area contributed by atoms with Crippen molar-refractivity contribution < 1.29 is 14.3 Å². The molecule has 0 atom stereocenters. The van der Waals surface area contributed by atoms with E-state index in [-0.39, 0.29) is 0 Å². The van der Waals surface area contributed by atoms with E-state index in [4.69, 9.17) is 16.3 Å². The van der Waals surface area contributed by atoms with Crippen LogP contribution in [0.4, 0.5) is 15.5 Å². The van der Waals surface area contributed by atoms with Crippen LogP contribution in [0.25, 0.3) is 0 Å². The number of nitrogens with one attached hydrogen (secondary N) is 3. The van der Waals surface area contributed by atoms with Crippen LogP contribution in [0.5, 0.6) is 0 Å². The monoisotopic (exact) mass is 507 g/mol. The van der Waals surface area contributed by atoms with Crippen LogP contribution in [0.2, 0.25) is 5.02 Å². The number of benzene rings is 1. The zero-order valence-electron chi connectivity index (χ0n) is 20.6. The first-order valence-electron chi connectivity index (χ1n) is 12.3. The van der Waals surface area contributed by atoms with E-state index in [9.17, 15) is 9.59 Å². The SMILES string of the molecule is CCCCCCCCCCCCOC(=O)c1ccc(Cl)c(NC(=O)NNc2sc(C)cc2C)c1. The first-order valence-corrected chi connectivity index (χ1v) is 13.5. The number of carbonyl (C=O) groups excluding carboxylic acids is 2. The van der Waals surface area contributed by atoms with Crippen molar-refractivity contribution >= 4 is 45.6 Å². The Balaban J connectivity index is 1.68. The van der Waals surface area contributed by atoms with Crippen LogP contribution in [-0.4, -0.2) is 18.6 Å². The van der Waals surface area contributed by atoms with Crippen molar-refractivity contribution in [3.8, 4) is 0 Å². The standard InChI is InChI=1S/C26H38ClN3O3S/c1-4-5-6-7-8-9-10-11-12-13-16-33-25(31)21-14-15-22(27)23(18-21)28-26(32)30-29-24-19(2)17-20(3)34-24/h14-15,17-18,29H,4-13,16H2,1-3H3,(H2,28,30,32). The average Bonchev–Trinajstić information content (AvgIpc) is 3.14. The molecule has 0 fully saturated rings. The van der Waals surface area contributed by atoms with Crippen molar-refractivity contribution in [2.24, 2.45) is 0 Å². The number of anilines is 2. The second kappa shape index (κ2) is 15.6. The zero-order valence-corrected chi connectivity index (χ0v) is 22.2. The summed E-state index contributed by atoms with van der Waals surface area (Å²) in [6, 6.07) is 6.26. The van der Waals surface area contributed by atoms with Crippen LogP contribution in [0, 0.1) is 13.8 Å². The van der Waals surface area contributed by atoms with Crippen molar-refractivity contribution in [1.82, 2.24) is 5.43 Å². The van der Waals surface area contributed by atoms with E-state index in [0.29, 0.717) is 22.9 Å². The summed E-state index contributed by atoms with van der Waals surface area (Å²) in [5, 5.41) is 3.87. The van der Waals surface area contributed by atoms with Gasteiger partial charge < -0.3 is 10.1 Å². The highest BCUT2D eigenvalue weighted by atomic mass is 35.5. The highest BCUT2D eigenvalue weighted by molar-refractivity contribution is 7.16. The molecule has 3 N–H and O–H groups in total. The van der Waals surface area contributed by atoms with Crippen LogP contribution in [0.1, 0.15) is 91.9 Å². The number of thiophene rings is 1. The smallest absolute Gasteiger partial charge is 0.338 e. The summed E-state index contributed by atoms with van der Waals surface area (Å²) in [5.41, 5.74) is 7.23. The van der Waals surface area contributed by atoms with Crippen molar-refractivity contribution in [3.05, 3.63) is 45.3 Å². The van der Waals surface area contributed by atoms with Gasteiger partial charge >= 0.3 is 12.0 Å². The summed E-state index contributed by atoms with van der Waals surface area (Å²) in [5.74, 6) is -0.418. The van der Waals surface area contributed by atoms with Crippen molar-refractivity contribution in [1.29, 1.82) is 0 Å². The largest absolute Gasteiger partial charge is 0.462 e. The molecule has 8 heteroatoms. The van der Waals surface area contributed by atoms with Crippen LogP contribution >= 0.6 is 22.9 Å². The van der Waals surface area contributed by atoms with Gasteiger partial charge in [-0.3, -0.25) is 10.9 Å². The number of urea groups is 1. The number of aryl methyl sites for hydroxylation is 2. The van der Waals surface area contributed by atoms with Crippen LogP contribution in [0.3, 0.4) is 0 Å². The minimum absolute atomic E-state index is 0.338. The maximum Gasteiger partial charge on any atom is 0.338 e. The second-order valence-corrected chi connectivity index (χ2v) is 10.2. The first kappa shape index (κ1) is 28.0. The molecule has 0 radical (unpaired) electrons. The van der Waals surface area contributed by atoms with Gasteiger partial charge in [-0.15, -0.1) is 11.3 Å². The van der Waals surface area contributed by atoms with Crippen LogP contribution in [-0.2, 0) is 4.74 Å². The summed E-state index contributed by atoms with van der Waals surface area (Å²) in [6.45, 7) is 6.60. The molecular weight excluding hydrogens is 470 g/mol. The van der Waals surface area contributed by atoms with Gasteiger partial charge in [-0.05, 0) is 50.1 Å². The molecule has 1 aromatic carbocycles. The second-order valence-electron chi connectivity index (χ2n) is 8.59. The summed E-state index contributed by atoms with van der Waals surface area (Å²) in [7, 11) is 0. The van der Waals surface area contributed by atoms with Gasteiger partial charge in [0, 0.05) is 4.88 Å². The molecule has 0 aliphatic rings. The molecule has 2 rings (SSSR count). The molecule has 0 unspecified atom stereocenters. The molecule has 1 heterocycles. The van der Waals surface area contributed by atoms with E-state index in [2.05, 4.69) is 23.1 Å². The fraction of sp³-hybridized carbons (Fsp3) is 0.538. The molecule has 2 amide bonds. The lowest BCUT2D eigenvalue weighted by molar-refractivity contribution is 0.0497. The number of hydrazine groups is 1. The van der Waals surface area contributed by atoms with Gasteiger partial charge in [-0.25, -0.2) is 9.59 Å². The number of hydrogen-bond donors (Lipinski definition) is 3. The number of halogens is 1. The fourth-order valence-corrected chi connectivity index (χ4v) is 4.66. The highest BCUT2D eigenvalue weighted by Crippen LogP contribution is 2.26. The molecule has 0 bridgehead atoms. The van der Waals surface area contributed by atoms with E-state index in [1.54, 1.807) is 23.5 Å². The van der Waals surface area contributed by atoms with E-state index in [0.717, 1.165) is 28.3 Å². The predicted molar refractivity (Wildman–Crippen MR) is 143 cm³/mol. The number of hydrogen-bond acceptors (Lipinski definition) is 5. The number of amides is 2. The normalized spacial score (nSPS) is 10.7.